The topological polar surface area (TPSA) is 102 Å². The number of rotatable bonds is 36. The minimum absolute atomic E-state index is 0.0145. The number of unbranched alkanes of at least 4 members (excludes halogenated alkanes) is 8. The van der Waals surface area contributed by atoms with E-state index in [4.69, 9.17) is 14.2 Å². The number of aliphatic carboxylic acids is 1. The van der Waals surface area contributed by atoms with E-state index in [1.54, 1.807) is 21.1 Å². The number of ether oxygens (including phenoxy) is 3. The molecule has 0 spiro atoms. The summed E-state index contributed by atoms with van der Waals surface area (Å²) < 4.78 is 17.1. The Morgan fingerprint density at radius 1 is 0.545 bits per heavy atom. The van der Waals surface area contributed by atoms with Crippen molar-refractivity contribution in [2.75, 3.05) is 41.0 Å². The Hall–Kier alpha value is -3.49. The van der Waals surface area contributed by atoms with E-state index in [0.29, 0.717) is 12.8 Å². The minimum Gasteiger partial charge on any atom is -0.544 e. The van der Waals surface area contributed by atoms with Crippen molar-refractivity contribution in [3.8, 4) is 0 Å². The summed E-state index contributed by atoms with van der Waals surface area (Å²) in [5.41, 5.74) is 0. The summed E-state index contributed by atoms with van der Waals surface area (Å²) in [6.45, 7) is 4.35. The molecule has 55 heavy (non-hydrogen) atoms. The van der Waals surface area contributed by atoms with Gasteiger partial charge in [-0.3, -0.25) is 9.59 Å². The number of carbonyl (C=O) groups excluding carboxylic acids is 3. The van der Waals surface area contributed by atoms with Crippen molar-refractivity contribution in [3.63, 3.8) is 0 Å². The van der Waals surface area contributed by atoms with Crippen LogP contribution >= 0.6 is 0 Å². The zero-order valence-corrected chi connectivity index (χ0v) is 35.3. The third kappa shape index (κ3) is 35.9. The number of allylic oxidation sites excluding steroid dienone is 14. The number of carbonyl (C=O) groups is 3. The smallest absolute Gasteiger partial charge is 0.306 e. The highest BCUT2D eigenvalue weighted by Crippen LogP contribution is 2.12. The number of esters is 2. The second kappa shape index (κ2) is 37.4. The first-order valence-electron chi connectivity index (χ1n) is 21.1. The predicted octanol–water partition coefficient (Wildman–Crippen LogP) is 10.0. The van der Waals surface area contributed by atoms with E-state index in [1.807, 2.05) is 0 Å². The normalized spacial score (nSPS) is 13.8. The fourth-order valence-electron chi connectivity index (χ4n) is 5.55. The first-order chi connectivity index (χ1) is 26.6. The van der Waals surface area contributed by atoms with Crippen LogP contribution < -0.4 is 5.11 Å². The van der Waals surface area contributed by atoms with Crippen LogP contribution in [0.25, 0.3) is 0 Å². The van der Waals surface area contributed by atoms with Crippen LogP contribution in [0.5, 0.6) is 0 Å². The molecule has 0 fully saturated rings. The molecule has 0 N–H and O–H groups in total. The quantitative estimate of drug-likeness (QED) is 0.0271. The molecule has 0 aromatic rings. The molecule has 0 radical (unpaired) electrons. The average molecular weight is 768 g/mol. The molecule has 0 aliphatic rings. The molecule has 0 aliphatic carbocycles. The van der Waals surface area contributed by atoms with E-state index in [-0.39, 0.29) is 49.1 Å². The maximum absolute atomic E-state index is 12.7. The molecule has 0 saturated heterocycles. The van der Waals surface area contributed by atoms with Gasteiger partial charge in [-0.1, -0.05) is 131 Å². The molecule has 312 valence electrons. The number of nitrogens with zero attached hydrogens (tertiary/aromatic N) is 1. The third-order valence-electron chi connectivity index (χ3n) is 8.78. The van der Waals surface area contributed by atoms with Gasteiger partial charge in [-0.25, -0.2) is 0 Å². The highest BCUT2D eigenvalue weighted by atomic mass is 16.6. The van der Waals surface area contributed by atoms with Crippen molar-refractivity contribution in [2.24, 2.45) is 0 Å². The lowest BCUT2D eigenvalue weighted by molar-refractivity contribution is -0.889. The van der Waals surface area contributed by atoms with Crippen LogP contribution in [0.15, 0.2) is 85.1 Å². The molecule has 0 heterocycles. The van der Waals surface area contributed by atoms with Gasteiger partial charge in [-0.05, 0) is 77.0 Å². The van der Waals surface area contributed by atoms with Gasteiger partial charge in [-0.2, -0.15) is 0 Å². The average Bonchev–Trinajstić information content (AvgIpc) is 3.14. The molecule has 0 aromatic carbocycles. The van der Waals surface area contributed by atoms with Gasteiger partial charge in [0.1, 0.15) is 12.6 Å². The Kier molecular flexibility index (Phi) is 35.1. The number of hydrogen-bond donors (Lipinski definition) is 0. The second-order valence-corrected chi connectivity index (χ2v) is 14.8. The van der Waals surface area contributed by atoms with Crippen molar-refractivity contribution in [1.29, 1.82) is 0 Å². The van der Waals surface area contributed by atoms with Crippen molar-refractivity contribution < 1.29 is 38.2 Å². The van der Waals surface area contributed by atoms with E-state index in [0.717, 1.165) is 83.5 Å². The monoisotopic (exact) mass is 768 g/mol. The molecule has 8 nitrogen and oxygen atoms in total. The molecule has 8 heteroatoms. The van der Waals surface area contributed by atoms with Crippen LogP contribution in [0.1, 0.15) is 142 Å². The zero-order chi connectivity index (χ0) is 40.7. The first kappa shape index (κ1) is 51.5. The number of likely N-dealkylation sites (N-methyl/N-ethyl adjacent to an activating group) is 1. The standard InChI is InChI=1S/C47H77NO7/c1-6-8-10-12-14-16-18-20-22-23-24-26-27-29-31-33-35-37-45(49)54-42-43(41-53-40-39-44(47(51)52)48(3,4)5)55-46(50)38-36-34-32-30-28-25-21-19-17-15-13-11-9-7-2/h8-11,14-17,20,22,24,26,29,31,43-44H,6-7,12-13,18-19,21,23,25,27-28,30,32-42H2,1-5H3/b10-8+,11-9+,16-14+,17-15+,22-20+,26-24+,31-29+. The van der Waals surface area contributed by atoms with Crippen LogP contribution in [0, 0.1) is 0 Å². The number of hydrogen-bond acceptors (Lipinski definition) is 7. The molecule has 0 saturated carbocycles. The van der Waals surface area contributed by atoms with Crippen LogP contribution in [0.3, 0.4) is 0 Å². The van der Waals surface area contributed by atoms with Crippen molar-refractivity contribution >= 4 is 17.9 Å². The molecule has 2 unspecified atom stereocenters. The largest absolute Gasteiger partial charge is 0.544 e. The summed E-state index contributed by atoms with van der Waals surface area (Å²) in [4.78, 5) is 36.8. The number of carboxylic acid groups (broad SMARTS) is 1. The molecule has 2 atom stereocenters. The molecule has 0 amide bonds. The summed E-state index contributed by atoms with van der Waals surface area (Å²) in [6.07, 6.45) is 47.6. The molecule has 0 aromatic heterocycles. The van der Waals surface area contributed by atoms with Crippen LogP contribution in [0.2, 0.25) is 0 Å². The van der Waals surface area contributed by atoms with Gasteiger partial charge >= 0.3 is 11.9 Å². The first-order valence-corrected chi connectivity index (χ1v) is 21.1. The van der Waals surface area contributed by atoms with Gasteiger partial charge in [0, 0.05) is 19.3 Å². The molecule has 0 rings (SSSR count). The summed E-state index contributed by atoms with van der Waals surface area (Å²) in [7, 11) is 5.37. The van der Waals surface area contributed by atoms with Gasteiger partial charge in [0.15, 0.2) is 6.10 Å². The molecular formula is C47H77NO7. The van der Waals surface area contributed by atoms with E-state index in [9.17, 15) is 19.5 Å². The second-order valence-electron chi connectivity index (χ2n) is 14.8. The van der Waals surface area contributed by atoms with E-state index >= 15 is 0 Å². The fraction of sp³-hybridized carbons (Fsp3) is 0.638. The summed E-state index contributed by atoms with van der Waals surface area (Å²) >= 11 is 0. The lowest BCUT2D eigenvalue weighted by Crippen LogP contribution is -2.55. The molecule has 0 aliphatic heterocycles. The maximum Gasteiger partial charge on any atom is 0.306 e. The number of carboxylic acids is 1. The molecular weight excluding hydrogens is 691 g/mol. The zero-order valence-electron chi connectivity index (χ0n) is 35.3. The van der Waals surface area contributed by atoms with Gasteiger partial charge in [0.05, 0.1) is 40.3 Å². The van der Waals surface area contributed by atoms with Crippen LogP contribution in [-0.2, 0) is 28.6 Å². The Labute approximate surface area is 335 Å². The van der Waals surface area contributed by atoms with Gasteiger partial charge in [0.2, 0.25) is 0 Å². The van der Waals surface area contributed by atoms with Crippen molar-refractivity contribution in [2.45, 2.75) is 154 Å². The van der Waals surface area contributed by atoms with E-state index in [2.05, 4.69) is 98.9 Å². The number of quaternary nitrogens is 1. The van der Waals surface area contributed by atoms with Gasteiger partial charge in [-0.15, -0.1) is 0 Å². The van der Waals surface area contributed by atoms with Gasteiger partial charge < -0.3 is 28.6 Å². The summed E-state index contributed by atoms with van der Waals surface area (Å²) in [6, 6.07) is -0.739. The predicted molar refractivity (Wildman–Crippen MR) is 226 cm³/mol. The Bertz CT molecular complexity index is 1170. The van der Waals surface area contributed by atoms with Gasteiger partial charge in [0.25, 0.3) is 0 Å². The molecule has 0 bridgehead atoms. The Morgan fingerprint density at radius 2 is 0.982 bits per heavy atom. The Balaban J connectivity index is 4.49. The lowest BCUT2D eigenvalue weighted by atomic mass is 10.1. The Morgan fingerprint density at radius 3 is 1.47 bits per heavy atom. The van der Waals surface area contributed by atoms with E-state index in [1.165, 1.54) is 19.3 Å². The van der Waals surface area contributed by atoms with Crippen molar-refractivity contribution in [3.05, 3.63) is 85.1 Å². The summed E-state index contributed by atoms with van der Waals surface area (Å²) in [5, 5.41) is 11.6. The van der Waals surface area contributed by atoms with E-state index < -0.39 is 18.1 Å². The summed E-state index contributed by atoms with van der Waals surface area (Å²) in [5.74, 6) is -1.83. The highest BCUT2D eigenvalue weighted by Gasteiger charge is 2.25. The maximum atomic E-state index is 12.7. The lowest BCUT2D eigenvalue weighted by Gasteiger charge is -2.34. The SMILES string of the molecule is CC/C=C/C/C=C/C/C=C/C/C=C/C/C=C/CCCC(=O)OCC(COCCC(C(=O)[O-])[N+](C)(C)C)OC(=O)CCCCCCCCC/C=C/C/C=C/CC. The third-order valence-corrected chi connectivity index (χ3v) is 8.78. The van der Waals surface area contributed by atoms with Crippen LogP contribution in [-0.4, -0.2) is 75.5 Å². The minimum atomic E-state index is -1.14. The fourth-order valence-corrected chi connectivity index (χ4v) is 5.55. The highest BCUT2D eigenvalue weighted by molar-refractivity contribution is 5.70. The van der Waals surface area contributed by atoms with Crippen LogP contribution in [0.4, 0.5) is 0 Å². The van der Waals surface area contributed by atoms with Crippen molar-refractivity contribution in [1.82, 2.24) is 0 Å².